The van der Waals surface area contributed by atoms with E-state index >= 15 is 0 Å². The highest BCUT2D eigenvalue weighted by molar-refractivity contribution is 9.10. The van der Waals surface area contributed by atoms with Crippen molar-refractivity contribution in [2.24, 2.45) is 5.92 Å². The molecule has 0 amide bonds. The largest absolute Gasteiger partial charge is 0.389 e. The molecule has 1 aromatic carbocycles. The summed E-state index contributed by atoms with van der Waals surface area (Å²) in [6.07, 6.45) is 1.12. The molecule has 1 fully saturated rings. The summed E-state index contributed by atoms with van der Waals surface area (Å²) in [4.78, 5) is 2.30. The first kappa shape index (κ1) is 16.8. The van der Waals surface area contributed by atoms with Gasteiger partial charge in [0.15, 0.2) is 0 Å². The van der Waals surface area contributed by atoms with E-state index in [2.05, 4.69) is 34.7 Å². The fraction of sp³-hybridized carbons (Fsp3) is 0.625. The molecule has 1 N–H and O–H groups in total. The van der Waals surface area contributed by atoms with Gasteiger partial charge in [0.25, 0.3) is 0 Å². The number of nitrogens with zero attached hydrogens (tertiary/aromatic N) is 1. The number of benzene rings is 1. The van der Waals surface area contributed by atoms with Crippen molar-refractivity contribution >= 4 is 15.9 Å². The van der Waals surface area contributed by atoms with Crippen LogP contribution in [0.4, 0.5) is 8.78 Å². The van der Waals surface area contributed by atoms with Crippen LogP contribution in [0.2, 0.25) is 0 Å². The molecule has 2 nitrogen and oxygen atoms in total. The number of rotatable bonds is 4. The Morgan fingerprint density at radius 2 is 1.90 bits per heavy atom. The maximum Gasteiger partial charge on any atom is 0.143 e. The molecule has 5 heteroatoms. The second-order valence-electron chi connectivity index (χ2n) is 6.42. The molecule has 2 rings (SSSR count). The molecule has 0 radical (unpaired) electrons. The summed E-state index contributed by atoms with van der Waals surface area (Å²) >= 11 is 3.07. The van der Waals surface area contributed by atoms with E-state index in [1.807, 2.05) is 0 Å². The molecule has 0 aromatic heterocycles. The average molecular weight is 362 g/mol. The van der Waals surface area contributed by atoms with Gasteiger partial charge in [-0.2, -0.15) is 0 Å². The number of likely N-dealkylation sites (tertiary alicyclic amines) is 1. The van der Waals surface area contributed by atoms with Gasteiger partial charge in [0, 0.05) is 31.6 Å². The Balaban J connectivity index is 2.05. The summed E-state index contributed by atoms with van der Waals surface area (Å²) in [5.74, 6) is -0.613. The predicted octanol–water partition coefficient (Wildman–Crippen LogP) is 3.75. The van der Waals surface area contributed by atoms with E-state index < -0.39 is 17.2 Å². The van der Waals surface area contributed by atoms with Crippen molar-refractivity contribution in [1.82, 2.24) is 4.90 Å². The number of hydrogen-bond acceptors (Lipinski definition) is 2. The maximum absolute atomic E-state index is 14.0. The second kappa shape index (κ2) is 6.71. The van der Waals surface area contributed by atoms with Crippen LogP contribution >= 0.6 is 15.9 Å². The molecule has 21 heavy (non-hydrogen) atoms. The standard InChI is InChI=1S/C16H22BrF2NO/c1-11(2)10-20-7-5-16(21,6-8-20)9-12-14(18)4-3-13(17)15(12)19/h3-4,11,21H,5-10H2,1-2H3. The van der Waals surface area contributed by atoms with E-state index in [0.717, 1.165) is 19.6 Å². The fourth-order valence-corrected chi connectivity index (χ4v) is 3.28. The average Bonchev–Trinajstić information content (AvgIpc) is 2.42. The summed E-state index contributed by atoms with van der Waals surface area (Å²) in [5.41, 5.74) is -1.04. The molecule has 0 aliphatic carbocycles. The SMILES string of the molecule is CC(C)CN1CCC(O)(Cc2c(F)ccc(Br)c2F)CC1. The molecule has 1 heterocycles. The molecule has 0 atom stereocenters. The lowest BCUT2D eigenvalue weighted by Gasteiger charge is -2.39. The Morgan fingerprint density at radius 3 is 2.48 bits per heavy atom. The van der Waals surface area contributed by atoms with Gasteiger partial charge in [0.1, 0.15) is 11.6 Å². The minimum absolute atomic E-state index is 0.0239. The third kappa shape index (κ3) is 4.24. The normalized spacial score (nSPS) is 19.2. The van der Waals surface area contributed by atoms with Gasteiger partial charge in [0.05, 0.1) is 10.1 Å². The van der Waals surface area contributed by atoms with Crippen molar-refractivity contribution in [3.05, 3.63) is 33.8 Å². The molecule has 1 aromatic rings. The number of hydrogen-bond donors (Lipinski definition) is 1. The highest BCUT2D eigenvalue weighted by atomic mass is 79.9. The molecule has 0 spiro atoms. The van der Waals surface area contributed by atoms with Crippen molar-refractivity contribution in [3.8, 4) is 0 Å². The van der Waals surface area contributed by atoms with Crippen molar-refractivity contribution in [3.63, 3.8) is 0 Å². The zero-order chi connectivity index (χ0) is 15.6. The summed E-state index contributed by atoms with van der Waals surface area (Å²) < 4.78 is 28.1. The van der Waals surface area contributed by atoms with Crippen LogP contribution < -0.4 is 0 Å². The van der Waals surface area contributed by atoms with Crippen LogP contribution in [0, 0.1) is 17.6 Å². The molecule has 0 unspecified atom stereocenters. The van der Waals surface area contributed by atoms with Crippen molar-refractivity contribution in [1.29, 1.82) is 0 Å². The Labute approximate surface area is 133 Å². The van der Waals surface area contributed by atoms with E-state index in [0.29, 0.717) is 18.8 Å². The summed E-state index contributed by atoms with van der Waals surface area (Å²) in [6.45, 7) is 6.85. The van der Waals surface area contributed by atoms with Gasteiger partial charge in [-0.25, -0.2) is 8.78 Å². The monoisotopic (exact) mass is 361 g/mol. The first-order valence-electron chi connectivity index (χ1n) is 7.38. The van der Waals surface area contributed by atoms with Gasteiger partial charge >= 0.3 is 0 Å². The minimum Gasteiger partial charge on any atom is -0.389 e. The van der Waals surface area contributed by atoms with Crippen molar-refractivity contribution < 1.29 is 13.9 Å². The zero-order valence-corrected chi connectivity index (χ0v) is 14.1. The van der Waals surface area contributed by atoms with Gasteiger partial charge in [-0.05, 0) is 46.8 Å². The minimum atomic E-state index is -1.02. The van der Waals surface area contributed by atoms with E-state index in [-0.39, 0.29) is 16.5 Å². The van der Waals surface area contributed by atoms with Crippen molar-refractivity contribution in [2.75, 3.05) is 19.6 Å². The van der Waals surface area contributed by atoms with Gasteiger partial charge in [-0.3, -0.25) is 0 Å². The third-order valence-electron chi connectivity index (χ3n) is 4.05. The maximum atomic E-state index is 14.0. The zero-order valence-electron chi connectivity index (χ0n) is 12.5. The van der Waals surface area contributed by atoms with E-state index in [4.69, 9.17) is 0 Å². The topological polar surface area (TPSA) is 23.5 Å². The lowest BCUT2D eigenvalue weighted by molar-refractivity contribution is -0.0238. The van der Waals surface area contributed by atoms with Gasteiger partial charge in [-0.15, -0.1) is 0 Å². The lowest BCUT2D eigenvalue weighted by atomic mass is 9.85. The molecule has 1 aliphatic rings. The molecule has 0 bridgehead atoms. The predicted molar refractivity (Wildman–Crippen MR) is 83.2 cm³/mol. The highest BCUT2D eigenvalue weighted by Gasteiger charge is 2.34. The third-order valence-corrected chi connectivity index (χ3v) is 4.67. The Morgan fingerprint density at radius 1 is 1.29 bits per heavy atom. The van der Waals surface area contributed by atoms with Gasteiger partial charge in [-0.1, -0.05) is 13.8 Å². The molecule has 0 saturated carbocycles. The summed E-state index contributed by atoms with van der Waals surface area (Å²) in [6, 6.07) is 2.59. The van der Waals surface area contributed by atoms with Crippen LogP contribution in [0.5, 0.6) is 0 Å². The van der Waals surface area contributed by atoms with Gasteiger partial charge in [0.2, 0.25) is 0 Å². The molecular formula is C16H22BrF2NO. The van der Waals surface area contributed by atoms with Crippen LogP contribution in [-0.2, 0) is 6.42 Å². The van der Waals surface area contributed by atoms with Crippen LogP contribution in [0.1, 0.15) is 32.3 Å². The Kier molecular flexibility index (Phi) is 5.38. The molecule has 1 saturated heterocycles. The molecule has 118 valence electrons. The molecule has 1 aliphatic heterocycles. The van der Waals surface area contributed by atoms with Gasteiger partial charge < -0.3 is 10.0 Å². The lowest BCUT2D eigenvalue weighted by Crippen LogP contribution is -2.46. The number of piperidine rings is 1. The second-order valence-corrected chi connectivity index (χ2v) is 7.27. The number of aliphatic hydroxyl groups is 1. The highest BCUT2D eigenvalue weighted by Crippen LogP contribution is 2.31. The molecular weight excluding hydrogens is 340 g/mol. The smallest absolute Gasteiger partial charge is 0.143 e. The Bertz CT molecular complexity index is 499. The number of halogens is 3. The first-order chi connectivity index (χ1) is 9.81. The summed E-state index contributed by atoms with van der Waals surface area (Å²) in [7, 11) is 0. The Hall–Kier alpha value is -0.520. The first-order valence-corrected chi connectivity index (χ1v) is 8.17. The van der Waals surface area contributed by atoms with Crippen LogP contribution in [0.3, 0.4) is 0 Å². The fourth-order valence-electron chi connectivity index (χ4n) is 2.91. The van der Waals surface area contributed by atoms with E-state index in [9.17, 15) is 13.9 Å². The van der Waals surface area contributed by atoms with Crippen LogP contribution in [0.15, 0.2) is 16.6 Å². The van der Waals surface area contributed by atoms with E-state index in [1.165, 1.54) is 12.1 Å². The van der Waals surface area contributed by atoms with Crippen LogP contribution in [-0.4, -0.2) is 35.2 Å². The van der Waals surface area contributed by atoms with Crippen molar-refractivity contribution in [2.45, 2.75) is 38.7 Å². The summed E-state index contributed by atoms with van der Waals surface area (Å²) in [5, 5.41) is 10.6. The van der Waals surface area contributed by atoms with E-state index in [1.54, 1.807) is 0 Å². The van der Waals surface area contributed by atoms with Crippen LogP contribution in [0.25, 0.3) is 0 Å². The quantitative estimate of drug-likeness (QED) is 0.825.